The van der Waals surface area contributed by atoms with Gasteiger partial charge in [-0.25, -0.2) is 9.48 Å². The van der Waals surface area contributed by atoms with Gasteiger partial charge in [0, 0.05) is 10.9 Å². The molecular weight excluding hydrogens is 302 g/mol. The van der Waals surface area contributed by atoms with E-state index in [1.165, 1.54) is 0 Å². The van der Waals surface area contributed by atoms with Gasteiger partial charge in [0.25, 0.3) is 0 Å². The Morgan fingerprint density at radius 2 is 1.92 bits per heavy atom. The number of nitrogens with zero attached hydrogens (tertiary/aromatic N) is 3. The molecule has 1 atom stereocenters. The van der Waals surface area contributed by atoms with Crippen molar-refractivity contribution >= 4 is 16.9 Å². The first kappa shape index (κ1) is 16.2. The molecule has 24 heavy (non-hydrogen) atoms. The summed E-state index contributed by atoms with van der Waals surface area (Å²) < 4.78 is 1.99. The Bertz CT molecular complexity index is 869. The molecule has 0 saturated heterocycles. The van der Waals surface area contributed by atoms with Crippen molar-refractivity contribution in [1.82, 2.24) is 14.7 Å². The van der Waals surface area contributed by atoms with Crippen molar-refractivity contribution in [1.29, 1.82) is 0 Å². The maximum Gasteiger partial charge on any atom is 0.335 e. The number of carbonyl (C=O) groups is 1. The smallest absolute Gasteiger partial charge is 0.335 e. The minimum absolute atomic E-state index is 0.112. The number of hydrogen-bond donors (Lipinski definition) is 1. The van der Waals surface area contributed by atoms with Crippen LogP contribution in [-0.2, 0) is 0 Å². The summed E-state index contributed by atoms with van der Waals surface area (Å²) in [6.45, 7) is 2.12. The zero-order chi connectivity index (χ0) is 17.3. The van der Waals surface area contributed by atoms with E-state index in [2.05, 4.69) is 11.8 Å². The van der Waals surface area contributed by atoms with Crippen LogP contribution in [-0.4, -0.2) is 39.9 Å². The van der Waals surface area contributed by atoms with E-state index in [0.717, 1.165) is 28.6 Å². The normalized spacial score (nSPS) is 12.7. The molecule has 2 aromatic carbocycles. The first-order chi connectivity index (χ1) is 11.5. The lowest BCUT2D eigenvalue weighted by Gasteiger charge is -2.24. The molecule has 1 aromatic heterocycles. The number of aromatic carboxylic acids is 1. The van der Waals surface area contributed by atoms with Crippen molar-refractivity contribution in [3.05, 3.63) is 54.1 Å². The highest BCUT2D eigenvalue weighted by Crippen LogP contribution is 2.31. The van der Waals surface area contributed by atoms with Gasteiger partial charge in [-0.2, -0.15) is 5.10 Å². The van der Waals surface area contributed by atoms with Crippen molar-refractivity contribution in [2.45, 2.75) is 19.5 Å². The Labute approximate surface area is 141 Å². The Balaban J connectivity index is 2.29. The molecule has 1 unspecified atom stereocenters. The Kier molecular flexibility index (Phi) is 4.36. The van der Waals surface area contributed by atoms with Crippen LogP contribution >= 0.6 is 0 Å². The van der Waals surface area contributed by atoms with Crippen LogP contribution in [0.15, 0.2) is 48.5 Å². The number of rotatable bonds is 5. The van der Waals surface area contributed by atoms with Gasteiger partial charge in [0.2, 0.25) is 0 Å². The van der Waals surface area contributed by atoms with Gasteiger partial charge in [-0.05, 0) is 38.7 Å². The van der Waals surface area contributed by atoms with Gasteiger partial charge < -0.3 is 5.11 Å². The van der Waals surface area contributed by atoms with Gasteiger partial charge in [-0.3, -0.25) is 4.90 Å². The molecule has 0 aliphatic rings. The summed E-state index contributed by atoms with van der Waals surface area (Å²) in [5, 5.41) is 15.0. The molecule has 5 heteroatoms. The minimum atomic E-state index is -0.927. The zero-order valence-corrected chi connectivity index (χ0v) is 14.1. The summed E-state index contributed by atoms with van der Waals surface area (Å²) in [4.78, 5) is 13.5. The molecule has 3 rings (SSSR count). The molecule has 0 saturated carbocycles. The second-order valence-corrected chi connectivity index (χ2v) is 6.05. The average Bonchev–Trinajstić information content (AvgIpc) is 2.95. The van der Waals surface area contributed by atoms with Crippen LogP contribution < -0.4 is 0 Å². The molecule has 0 aliphatic carbocycles. The van der Waals surface area contributed by atoms with Crippen LogP contribution in [0, 0.1) is 0 Å². The summed E-state index contributed by atoms with van der Waals surface area (Å²) in [5.41, 5.74) is 3.02. The molecule has 1 N–H and O–H groups in total. The summed E-state index contributed by atoms with van der Waals surface area (Å²) in [6.07, 6.45) is 1.01. The molecule has 0 aliphatic heterocycles. The third kappa shape index (κ3) is 2.78. The van der Waals surface area contributed by atoms with Gasteiger partial charge in [-0.1, -0.05) is 37.3 Å². The monoisotopic (exact) mass is 323 g/mol. The highest BCUT2D eigenvalue weighted by Gasteiger charge is 2.20. The highest BCUT2D eigenvalue weighted by atomic mass is 16.4. The van der Waals surface area contributed by atoms with Gasteiger partial charge in [0.15, 0.2) is 0 Å². The molecular formula is C19H21N3O2. The third-order valence-corrected chi connectivity index (χ3v) is 4.24. The molecule has 124 valence electrons. The van der Waals surface area contributed by atoms with Crippen molar-refractivity contribution in [2.24, 2.45) is 0 Å². The molecule has 5 nitrogen and oxygen atoms in total. The molecule has 1 heterocycles. The maximum atomic E-state index is 11.4. The van der Waals surface area contributed by atoms with Crippen molar-refractivity contribution < 1.29 is 9.90 Å². The Hall–Kier alpha value is -2.66. The fourth-order valence-electron chi connectivity index (χ4n) is 3.07. The summed E-state index contributed by atoms with van der Waals surface area (Å²) >= 11 is 0. The minimum Gasteiger partial charge on any atom is -0.478 e. The number of aromatic nitrogens is 2. The average molecular weight is 323 g/mol. The van der Waals surface area contributed by atoms with Crippen molar-refractivity contribution in [3.8, 4) is 11.3 Å². The van der Waals surface area contributed by atoms with E-state index in [4.69, 9.17) is 5.10 Å². The predicted octanol–water partition coefficient (Wildman–Crippen LogP) is 3.87. The van der Waals surface area contributed by atoms with E-state index in [1.807, 2.05) is 55.2 Å². The molecule has 3 aromatic rings. The number of hydrogen-bond acceptors (Lipinski definition) is 3. The van der Waals surface area contributed by atoms with E-state index >= 15 is 0 Å². The second-order valence-electron chi connectivity index (χ2n) is 6.05. The summed E-state index contributed by atoms with van der Waals surface area (Å²) in [5.74, 6) is -0.927. The third-order valence-electron chi connectivity index (χ3n) is 4.24. The van der Waals surface area contributed by atoms with Crippen LogP contribution in [0.3, 0.4) is 0 Å². The van der Waals surface area contributed by atoms with Crippen LogP contribution in [0.5, 0.6) is 0 Å². The van der Waals surface area contributed by atoms with E-state index in [1.54, 1.807) is 12.1 Å². The summed E-state index contributed by atoms with van der Waals surface area (Å²) in [7, 11) is 4.05. The zero-order valence-electron chi connectivity index (χ0n) is 14.1. The standard InChI is InChI=1S/C19H21N3O2/c1-4-17(21(2)3)22-16-11-10-14(19(23)24)12-15(16)18(20-22)13-8-6-5-7-9-13/h5-12,17H,4H2,1-3H3,(H,23,24). The number of carboxylic acids is 1. The topological polar surface area (TPSA) is 58.4 Å². The Morgan fingerprint density at radius 1 is 1.21 bits per heavy atom. The number of benzene rings is 2. The summed E-state index contributed by atoms with van der Waals surface area (Å²) in [6, 6.07) is 15.1. The molecule has 0 radical (unpaired) electrons. The van der Waals surface area contributed by atoms with Crippen LogP contribution in [0.1, 0.15) is 29.9 Å². The van der Waals surface area contributed by atoms with E-state index in [0.29, 0.717) is 0 Å². The second kappa shape index (κ2) is 6.45. The molecule has 0 fully saturated rings. The van der Waals surface area contributed by atoms with Crippen LogP contribution in [0.25, 0.3) is 22.2 Å². The number of fused-ring (bicyclic) bond motifs is 1. The van der Waals surface area contributed by atoms with E-state index < -0.39 is 5.97 Å². The first-order valence-electron chi connectivity index (χ1n) is 8.00. The quantitative estimate of drug-likeness (QED) is 0.774. The van der Waals surface area contributed by atoms with Gasteiger partial charge in [-0.15, -0.1) is 0 Å². The predicted molar refractivity (Wildman–Crippen MR) is 95.1 cm³/mol. The van der Waals surface area contributed by atoms with Crippen LogP contribution in [0.4, 0.5) is 0 Å². The lowest BCUT2D eigenvalue weighted by molar-refractivity contribution is 0.0697. The number of carboxylic acid groups (broad SMARTS) is 1. The fraction of sp³-hybridized carbons (Fsp3) is 0.263. The molecule has 0 spiro atoms. The van der Waals surface area contributed by atoms with Crippen molar-refractivity contribution in [2.75, 3.05) is 14.1 Å². The fourth-order valence-corrected chi connectivity index (χ4v) is 3.07. The van der Waals surface area contributed by atoms with E-state index in [9.17, 15) is 9.90 Å². The van der Waals surface area contributed by atoms with Crippen LogP contribution in [0.2, 0.25) is 0 Å². The molecule has 0 amide bonds. The van der Waals surface area contributed by atoms with Gasteiger partial charge in [0.1, 0.15) is 11.9 Å². The van der Waals surface area contributed by atoms with Crippen molar-refractivity contribution in [3.63, 3.8) is 0 Å². The first-order valence-corrected chi connectivity index (χ1v) is 8.00. The largest absolute Gasteiger partial charge is 0.478 e. The van der Waals surface area contributed by atoms with Gasteiger partial charge >= 0.3 is 5.97 Å². The SMILES string of the molecule is CCC(N(C)C)n1nc(-c2ccccc2)c2cc(C(=O)O)ccc21. The lowest BCUT2D eigenvalue weighted by Crippen LogP contribution is -2.25. The van der Waals surface area contributed by atoms with Gasteiger partial charge in [0.05, 0.1) is 11.1 Å². The molecule has 0 bridgehead atoms. The highest BCUT2D eigenvalue weighted by molar-refractivity contribution is 5.99. The Morgan fingerprint density at radius 3 is 2.50 bits per heavy atom. The van der Waals surface area contributed by atoms with E-state index in [-0.39, 0.29) is 11.7 Å². The maximum absolute atomic E-state index is 11.4. The lowest BCUT2D eigenvalue weighted by atomic mass is 10.1.